The van der Waals surface area contributed by atoms with Gasteiger partial charge in [-0.3, -0.25) is 9.35 Å². The molecule has 1 saturated heterocycles. The number of hydrogen-bond acceptors (Lipinski definition) is 3. The van der Waals surface area contributed by atoms with Crippen LogP contribution in [-0.4, -0.2) is 67.4 Å². The van der Waals surface area contributed by atoms with E-state index < -0.39 is 10.1 Å². The number of amides is 1. The summed E-state index contributed by atoms with van der Waals surface area (Å²) in [5.41, 5.74) is 0. The lowest BCUT2D eigenvalue weighted by molar-refractivity contribution is -0.878. The topological polar surface area (TPSA) is 74.5 Å². The van der Waals surface area contributed by atoms with Crippen molar-refractivity contribution < 1.29 is 22.2 Å². The van der Waals surface area contributed by atoms with Crippen LogP contribution < -0.4 is 0 Å². The molecule has 26 heavy (non-hydrogen) atoms. The molecule has 1 unspecified atom stereocenters. The maximum Gasteiger partial charge on any atom is 0.316 e. The van der Waals surface area contributed by atoms with Crippen molar-refractivity contribution in [3.05, 3.63) is 0 Å². The Morgan fingerprint density at radius 3 is 2.04 bits per heavy atom. The second kappa shape index (κ2) is 11.2. The number of carbonyl (C=O) groups is 1. The van der Waals surface area contributed by atoms with E-state index in [4.69, 9.17) is 4.55 Å². The first-order valence-electron chi connectivity index (χ1n) is 10.2. The van der Waals surface area contributed by atoms with Gasteiger partial charge in [-0.25, -0.2) is 0 Å². The lowest BCUT2D eigenvalue weighted by Gasteiger charge is -2.28. The molecule has 1 atom stereocenters. The smallest absolute Gasteiger partial charge is 0.316 e. The van der Waals surface area contributed by atoms with E-state index in [0.717, 1.165) is 19.3 Å². The first-order chi connectivity index (χ1) is 12.2. The van der Waals surface area contributed by atoms with Gasteiger partial charge in [0.05, 0.1) is 20.6 Å². The first kappa shape index (κ1) is 23.4. The van der Waals surface area contributed by atoms with Gasteiger partial charge in [0, 0.05) is 13.0 Å². The maximum absolute atomic E-state index is 11.9. The van der Waals surface area contributed by atoms with Gasteiger partial charge in [0.25, 0.3) is 0 Å². The monoisotopic (exact) mass is 391 g/mol. The van der Waals surface area contributed by atoms with Crippen LogP contribution in [0.15, 0.2) is 0 Å². The van der Waals surface area contributed by atoms with E-state index in [2.05, 4.69) is 6.92 Å². The molecule has 0 aromatic heterocycles. The van der Waals surface area contributed by atoms with Crippen LogP contribution >= 0.6 is 0 Å². The van der Waals surface area contributed by atoms with Crippen molar-refractivity contribution in [2.75, 3.05) is 33.1 Å². The van der Waals surface area contributed by atoms with Crippen molar-refractivity contribution in [1.82, 2.24) is 4.90 Å². The summed E-state index contributed by atoms with van der Waals surface area (Å²) in [5.74, 6) is -0.0485. The molecule has 7 heteroatoms. The molecule has 0 aliphatic carbocycles. The Kier molecular flexibility index (Phi) is 10.1. The molecule has 154 valence electrons. The molecule has 1 aliphatic rings. The molecule has 0 spiro atoms. The van der Waals surface area contributed by atoms with E-state index in [0.29, 0.717) is 13.1 Å². The molecule has 0 radical (unpaired) electrons. The second-order valence-electron chi connectivity index (χ2n) is 8.39. The Labute approximate surface area is 160 Å². The van der Waals surface area contributed by atoms with Crippen LogP contribution in [-0.2, 0) is 14.9 Å². The van der Waals surface area contributed by atoms with Crippen LogP contribution in [0.1, 0.15) is 77.6 Å². The number of quaternary nitrogens is 1. The summed E-state index contributed by atoms with van der Waals surface area (Å²) in [6.07, 6.45) is 13.3. The molecule has 0 saturated carbocycles. The molecular weight excluding hydrogens is 352 g/mol. The molecule has 0 aromatic carbocycles. The van der Waals surface area contributed by atoms with Crippen molar-refractivity contribution in [3.63, 3.8) is 0 Å². The summed E-state index contributed by atoms with van der Waals surface area (Å²) in [6.45, 7) is 3.55. The molecule has 1 N–H and O–H groups in total. The molecule has 0 aromatic rings. The number of nitrogens with zero attached hydrogens (tertiary/aromatic N) is 2. The van der Waals surface area contributed by atoms with Crippen molar-refractivity contribution in [1.29, 1.82) is 0 Å². The molecule has 1 rings (SSSR count). The fourth-order valence-electron chi connectivity index (χ4n) is 3.63. The standard InChI is InChI=1S/C19H38N2O4S/c1-4-5-6-7-8-9-10-11-12-14-18-19(22)20(18)15-13-16-21(2,3)17-26(23,24)25/h18H,4-17H2,1-3H3/p+1. The minimum absolute atomic E-state index is 0.0942. The van der Waals surface area contributed by atoms with Crippen LogP contribution in [0.3, 0.4) is 0 Å². The maximum atomic E-state index is 11.9. The van der Waals surface area contributed by atoms with Gasteiger partial charge in [0.1, 0.15) is 6.04 Å². The molecule has 6 nitrogen and oxygen atoms in total. The molecular formula is C19H39N2O4S+. The number of unbranched alkanes of at least 4 members (excludes halogenated alkanes) is 8. The average Bonchev–Trinajstić information content (AvgIpc) is 3.11. The Hall–Kier alpha value is -0.660. The highest BCUT2D eigenvalue weighted by molar-refractivity contribution is 7.85. The summed E-state index contributed by atoms with van der Waals surface area (Å²) in [5, 5.41) is 0. The first-order valence-corrected chi connectivity index (χ1v) is 11.8. The molecule has 0 bridgehead atoms. The van der Waals surface area contributed by atoms with E-state index in [1.54, 1.807) is 14.1 Å². The van der Waals surface area contributed by atoms with Gasteiger partial charge >= 0.3 is 10.1 Å². The predicted octanol–water partition coefficient (Wildman–Crippen LogP) is 3.43. The Balaban J connectivity index is 2.04. The summed E-state index contributed by atoms with van der Waals surface area (Å²) < 4.78 is 31.2. The Bertz CT molecular complexity index is 520. The highest BCUT2D eigenvalue weighted by Crippen LogP contribution is 2.26. The fourth-order valence-corrected chi connectivity index (χ4v) is 4.64. The van der Waals surface area contributed by atoms with Crippen LogP contribution in [0.2, 0.25) is 0 Å². The third kappa shape index (κ3) is 10.5. The van der Waals surface area contributed by atoms with Gasteiger partial charge in [-0.1, -0.05) is 64.7 Å². The lowest BCUT2D eigenvalue weighted by Crippen LogP contribution is -2.44. The van der Waals surface area contributed by atoms with E-state index >= 15 is 0 Å². The Morgan fingerprint density at radius 2 is 1.50 bits per heavy atom. The zero-order chi connectivity index (χ0) is 19.6. The minimum atomic E-state index is -3.97. The summed E-state index contributed by atoms with van der Waals surface area (Å²) >= 11 is 0. The van der Waals surface area contributed by atoms with Gasteiger partial charge in [-0.15, -0.1) is 0 Å². The van der Waals surface area contributed by atoms with E-state index in [1.807, 2.05) is 4.90 Å². The van der Waals surface area contributed by atoms with Gasteiger partial charge < -0.3 is 9.38 Å². The molecule has 1 aliphatic heterocycles. The van der Waals surface area contributed by atoms with E-state index in [-0.39, 0.29) is 22.3 Å². The van der Waals surface area contributed by atoms with Crippen LogP contribution in [0, 0.1) is 0 Å². The third-order valence-electron chi connectivity index (χ3n) is 5.13. The summed E-state index contributed by atoms with van der Waals surface area (Å²) in [4.78, 5) is 13.8. The lowest BCUT2D eigenvalue weighted by atomic mass is 10.1. The summed E-state index contributed by atoms with van der Waals surface area (Å²) in [7, 11) is -0.423. The van der Waals surface area contributed by atoms with Gasteiger partial charge in [-0.05, 0) is 6.42 Å². The highest BCUT2D eigenvalue weighted by atomic mass is 32.2. The van der Waals surface area contributed by atoms with Crippen molar-refractivity contribution >= 4 is 16.0 Å². The molecule has 1 heterocycles. The van der Waals surface area contributed by atoms with Crippen LogP contribution in [0.4, 0.5) is 0 Å². The van der Waals surface area contributed by atoms with E-state index in [9.17, 15) is 13.2 Å². The SMILES string of the molecule is CCCCCCCCCCCC1C(=O)N1CCC[N+](C)(C)CS(=O)(=O)O. The third-order valence-corrected chi connectivity index (χ3v) is 6.16. The highest BCUT2D eigenvalue weighted by Gasteiger charge is 2.44. The van der Waals surface area contributed by atoms with Crippen molar-refractivity contribution in [3.8, 4) is 0 Å². The van der Waals surface area contributed by atoms with E-state index in [1.165, 1.54) is 51.4 Å². The number of carbonyl (C=O) groups excluding carboxylic acids is 1. The fraction of sp³-hybridized carbons (Fsp3) is 0.947. The summed E-state index contributed by atoms with van der Waals surface area (Å²) in [6, 6.07) is 0.0942. The quantitative estimate of drug-likeness (QED) is 0.189. The molecule has 1 fully saturated rings. The molecule has 1 amide bonds. The minimum Gasteiger partial charge on any atom is -0.329 e. The zero-order valence-corrected chi connectivity index (χ0v) is 17.8. The second-order valence-corrected chi connectivity index (χ2v) is 9.81. The normalized spacial score (nSPS) is 17.8. The largest absolute Gasteiger partial charge is 0.329 e. The Morgan fingerprint density at radius 1 is 0.962 bits per heavy atom. The average molecular weight is 392 g/mol. The van der Waals surface area contributed by atoms with Crippen LogP contribution in [0.5, 0.6) is 0 Å². The van der Waals surface area contributed by atoms with Gasteiger partial charge in [0.15, 0.2) is 0 Å². The van der Waals surface area contributed by atoms with Crippen molar-refractivity contribution in [2.45, 2.75) is 83.6 Å². The number of hydrogen-bond donors (Lipinski definition) is 1. The zero-order valence-electron chi connectivity index (χ0n) is 17.0. The predicted molar refractivity (Wildman–Crippen MR) is 105 cm³/mol. The van der Waals surface area contributed by atoms with Crippen LogP contribution in [0.25, 0.3) is 0 Å². The van der Waals surface area contributed by atoms with Crippen molar-refractivity contribution in [2.24, 2.45) is 0 Å². The van der Waals surface area contributed by atoms with Gasteiger partial charge in [-0.2, -0.15) is 8.42 Å². The number of rotatable bonds is 16. The van der Waals surface area contributed by atoms with Gasteiger partial charge in [0.2, 0.25) is 11.8 Å².